The number of para-hydroxylation sites is 1. The fourth-order valence-electron chi connectivity index (χ4n) is 5.72. The van der Waals surface area contributed by atoms with Crippen LogP contribution in [0.15, 0.2) is 42.5 Å². The maximum atomic E-state index is 13.7. The van der Waals surface area contributed by atoms with E-state index in [4.69, 9.17) is 0 Å². The van der Waals surface area contributed by atoms with E-state index in [-0.39, 0.29) is 11.6 Å². The molecule has 1 aromatic heterocycles. The highest BCUT2D eigenvalue weighted by molar-refractivity contribution is 5.85. The molecule has 5 rings (SSSR count). The summed E-state index contributed by atoms with van der Waals surface area (Å²) in [6, 6.07) is 9.60. The largest absolute Gasteiger partial charge is 0.573 e. The second kappa shape index (κ2) is 10.5. The number of aromatic amines is 1. The number of benzene rings is 2. The van der Waals surface area contributed by atoms with Gasteiger partial charge in [0.05, 0.1) is 25.3 Å². The molecule has 2 aliphatic rings. The zero-order valence-electron chi connectivity index (χ0n) is 21.2. The first-order valence-corrected chi connectivity index (χ1v) is 12.8. The summed E-state index contributed by atoms with van der Waals surface area (Å²) in [5, 5.41) is 3.98. The molecule has 2 aromatic carbocycles. The first kappa shape index (κ1) is 27.6. The van der Waals surface area contributed by atoms with Crippen molar-refractivity contribution < 1.29 is 35.5 Å². The van der Waals surface area contributed by atoms with Crippen LogP contribution in [0.25, 0.3) is 10.9 Å². The van der Waals surface area contributed by atoms with E-state index >= 15 is 0 Å². The molecule has 1 saturated heterocycles. The highest BCUT2D eigenvalue weighted by atomic mass is 19.4. The Morgan fingerprint density at radius 3 is 2.49 bits per heavy atom. The van der Waals surface area contributed by atoms with Crippen molar-refractivity contribution in [3.63, 3.8) is 0 Å². The fourth-order valence-corrected chi connectivity index (χ4v) is 5.72. The number of rotatable bonds is 8. The van der Waals surface area contributed by atoms with Crippen LogP contribution >= 0.6 is 0 Å². The molecule has 0 radical (unpaired) electrons. The minimum atomic E-state index is -5.05. The summed E-state index contributed by atoms with van der Waals surface area (Å²) >= 11 is 0. The number of likely N-dealkylation sites (tertiary alicyclic amines) is 1. The normalized spacial score (nSPS) is 21.1. The van der Waals surface area contributed by atoms with Crippen LogP contribution in [0.2, 0.25) is 0 Å². The zero-order chi connectivity index (χ0) is 27.9. The summed E-state index contributed by atoms with van der Waals surface area (Å²) in [5.74, 6) is -0.558. The molecule has 1 fully saturated rings. The number of ether oxygens (including phenoxy) is 1. The lowest BCUT2D eigenvalue weighted by Crippen LogP contribution is -2.54. The first-order chi connectivity index (χ1) is 18.4. The standard InChI is InChI=1S/C27H29F7N4O/c1-16-11-21-19-5-2-3-6-22(19)36-24(21)25(38(16)15-26(29,30)31)20-8-7-17(12-23(20)39-27(32,33)34)35-18-13-37(14-18)10-4-9-28/h2-3,5-8,12,16,18,25,35-36H,4,9-11,13-15H2,1H3/t16-,25-/m1/s1. The third-order valence-corrected chi connectivity index (χ3v) is 7.35. The lowest BCUT2D eigenvalue weighted by atomic mass is 9.88. The first-order valence-electron chi connectivity index (χ1n) is 12.8. The molecule has 0 saturated carbocycles. The van der Waals surface area contributed by atoms with Crippen molar-refractivity contribution in [2.24, 2.45) is 0 Å². The Hall–Kier alpha value is -2.99. The Morgan fingerprint density at radius 2 is 1.79 bits per heavy atom. The van der Waals surface area contributed by atoms with Gasteiger partial charge in [-0.3, -0.25) is 14.2 Å². The number of nitrogens with one attached hydrogen (secondary N) is 2. The van der Waals surface area contributed by atoms with Crippen LogP contribution in [-0.4, -0.2) is 72.3 Å². The maximum Gasteiger partial charge on any atom is 0.573 e. The molecule has 0 amide bonds. The topological polar surface area (TPSA) is 43.5 Å². The Kier molecular flexibility index (Phi) is 7.45. The average molecular weight is 559 g/mol. The summed E-state index contributed by atoms with van der Waals surface area (Å²) in [6.45, 7) is 1.74. The molecule has 3 heterocycles. The van der Waals surface area contributed by atoms with Gasteiger partial charge in [0.15, 0.2) is 0 Å². The van der Waals surface area contributed by atoms with Crippen LogP contribution < -0.4 is 10.1 Å². The molecule has 12 heteroatoms. The lowest BCUT2D eigenvalue weighted by Gasteiger charge is -2.42. The summed E-state index contributed by atoms with van der Waals surface area (Å²) in [7, 11) is 0. The van der Waals surface area contributed by atoms with Crippen LogP contribution in [-0.2, 0) is 6.42 Å². The van der Waals surface area contributed by atoms with Gasteiger partial charge in [0, 0.05) is 59.6 Å². The van der Waals surface area contributed by atoms with Crippen molar-refractivity contribution in [2.75, 3.05) is 38.2 Å². The highest BCUT2D eigenvalue weighted by Crippen LogP contribution is 2.46. The second-order valence-corrected chi connectivity index (χ2v) is 10.2. The summed E-state index contributed by atoms with van der Waals surface area (Å²) < 4.78 is 98.7. The van der Waals surface area contributed by atoms with Gasteiger partial charge in [-0.25, -0.2) is 0 Å². The Bertz CT molecular complexity index is 1300. The van der Waals surface area contributed by atoms with Crippen LogP contribution in [0.1, 0.15) is 36.2 Å². The molecule has 0 unspecified atom stereocenters. The molecule has 0 aliphatic carbocycles. The molecule has 5 nitrogen and oxygen atoms in total. The third-order valence-electron chi connectivity index (χ3n) is 7.35. The van der Waals surface area contributed by atoms with E-state index in [9.17, 15) is 30.7 Å². The summed E-state index contributed by atoms with van der Waals surface area (Å²) in [5.41, 5.74) is 2.25. The minimum Gasteiger partial charge on any atom is -0.405 e. The summed E-state index contributed by atoms with van der Waals surface area (Å²) in [4.78, 5) is 6.39. The van der Waals surface area contributed by atoms with E-state index in [2.05, 4.69) is 15.0 Å². The molecule has 0 bridgehead atoms. The Morgan fingerprint density at radius 1 is 1.05 bits per heavy atom. The number of aromatic nitrogens is 1. The number of hydrogen-bond acceptors (Lipinski definition) is 4. The Labute approximate surface area is 220 Å². The zero-order valence-corrected chi connectivity index (χ0v) is 21.2. The Balaban J connectivity index is 1.54. The van der Waals surface area contributed by atoms with Gasteiger partial charge in [-0.15, -0.1) is 13.2 Å². The SMILES string of the molecule is C[C@@H]1Cc2c([nH]c3ccccc23)[C@@H](c2ccc(NC3CN(CCCF)C3)cc2OC(F)(F)F)N1CC(F)(F)F. The van der Waals surface area contributed by atoms with Gasteiger partial charge >= 0.3 is 12.5 Å². The number of H-pyrrole nitrogens is 1. The van der Waals surface area contributed by atoms with Gasteiger partial charge in [0.1, 0.15) is 5.75 Å². The van der Waals surface area contributed by atoms with Gasteiger partial charge in [-0.05, 0) is 37.5 Å². The predicted octanol–water partition coefficient (Wildman–Crippen LogP) is 6.42. The van der Waals surface area contributed by atoms with Crippen molar-refractivity contribution in [3.05, 3.63) is 59.3 Å². The molecule has 2 N–H and O–H groups in total. The van der Waals surface area contributed by atoms with Crippen LogP contribution in [0.5, 0.6) is 5.75 Å². The maximum absolute atomic E-state index is 13.7. The number of alkyl halides is 7. The van der Waals surface area contributed by atoms with E-state index in [1.807, 2.05) is 17.0 Å². The fraction of sp³-hybridized carbons (Fsp3) is 0.481. The van der Waals surface area contributed by atoms with E-state index in [0.717, 1.165) is 10.9 Å². The second-order valence-electron chi connectivity index (χ2n) is 10.2. The van der Waals surface area contributed by atoms with Gasteiger partial charge in [0.25, 0.3) is 0 Å². The molecular weight excluding hydrogens is 529 g/mol. The molecular formula is C27H29F7N4O. The third kappa shape index (κ3) is 6.11. The predicted molar refractivity (Wildman–Crippen MR) is 134 cm³/mol. The van der Waals surface area contributed by atoms with Crippen LogP contribution in [0, 0.1) is 0 Å². The highest BCUT2D eigenvalue weighted by Gasteiger charge is 2.44. The molecule has 3 aromatic rings. The van der Waals surface area contributed by atoms with Gasteiger partial charge in [0.2, 0.25) is 0 Å². The number of fused-ring (bicyclic) bond motifs is 3. The van der Waals surface area contributed by atoms with Crippen LogP contribution in [0.4, 0.5) is 36.4 Å². The molecule has 39 heavy (non-hydrogen) atoms. The lowest BCUT2D eigenvalue weighted by molar-refractivity contribution is -0.275. The molecule has 2 atom stereocenters. The van der Waals surface area contributed by atoms with E-state index in [0.29, 0.717) is 49.4 Å². The van der Waals surface area contributed by atoms with E-state index < -0.39 is 43.6 Å². The number of anilines is 1. The van der Waals surface area contributed by atoms with E-state index in [1.165, 1.54) is 17.0 Å². The summed E-state index contributed by atoms with van der Waals surface area (Å²) in [6.07, 6.45) is -8.90. The molecule has 0 spiro atoms. The number of halogens is 7. The quantitative estimate of drug-likeness (QED) is 0.313. The number of nitrogens with zero attached hydrogens (tertiary/aromatic N) is 2. The monoisotopic (exact) mass is 558 g/mol. The van der Waals surface area contributed by atoms with Crippen molar-refractivity contribution in [1.82, 2.24) is 14.8 Å². The average Bonchev–Trinajstić information content (AvgIpc) is 3.18. The van der Waals surface area contributed by atoms with Crippen LogP contribution in [0.3, 0.4) is 0 Å². The van der Waals surface area contributed by atoms with Gasteiger partial charge in [-0.1, -0.05) is 24.3 Å². The van der Waals surface area contributed by atoms with Crippen molar-refractivity contribution in [1.29, 1.82) is 0 Å². The smallest absolute Gasteiger partial charge is 0.405 e. The van der Waals surface area contributed by atoms with Crippen molar-refractivity contribution >= 4 is 16.6 Å². The van der Waals surface area contributed by atoms with Crippen molar-refractivity contribution in [2.45, 2.75) is 50.4 Å². The molecule has 2 aliphatic heterocycles. The van der Waals surface area contributed by atoms with Gasteiger partial charge in [-0.2, -0.15) is 13.2 Å². The molecule has 212 valence electrons. The minimum absolute atomic E-state index is 0.0142. The number of hydrogen-bond donors (Lipinski definition) is 2. The van der Waals surface area contributed by atoms with Crippen molar-refractivity contribution in [3.8, 4) is 5.75 Å². The van der Waals surface area contributed by atoms with Gasteiger partial charge < -0.3 is 15.0 Å². The van der Waals surface area contributed by atoms with E-state index in [1.54, 1.807) is 25.1 Å².